The third-order valence-electron chi connectivity index (χ3n) is 7.57. The van der Waals surface area contributed by atoms with Crippen LogP contribution >= 0.6 is 34.3 Å². The number of sulfone groups is 1. The van der Waals surface area contributed by atoms with Crippen molar-refractivity contribution in [3.05, 3.63) is 58.4 Å². The maximum atomic E-state index is 13.3. The Morgan fingerprint density at radius 1 is 0.953 bits per heavy atom. The number of piperidine rings is 1. The van der Waals surface area contributed by atoms with E-state index in [-0.39, 0.29) is 27.6 Å². The number of thiophene rings is 2. The molecule has 232 valence electrons. The maximum absolute atomic E-state index is 13.3. The minimum absolute atomic E-state index is 0.0248. The smallest absolute Gasteiger partial charge is 0.250 e. The van der Waals surface area contributed by atoms with Crippen molar-refractivity contribution < 1.29 is 26.4 Å². The highest BCUT2D eigenvalue weighted by atomic mass is 35.5. The van der Waals surface area contributed by atoms with E-state index < -0.39 is 31.8 Å². The summed E-state index contributed by atoms with van der Waals surface area (Å²) in [6.07, 6.45) is 3.81. The van der Waals surface area contributed by atoms with Crippen molar-refractivity contribution in [2.24, 2.45) is 0 Å². The number of likely N-dealkylation sites (tertiary alicyclic amines) is 2. The van der Waals surface area contributed by atoms with E-state index in [1.54, 1.807) is 41.3 Å². The van der Waals surface area contributed by atoms with Crippen LogP contribution in [0, 0.1) is 0 Å². The van der Waals surface area contributed by atoms with Gasteiger partial charge in [-0.05, 0) is 67.6 Å². The largest absolute Gasteiger partial charge is 0.337 e. The molecule has 1 aromatic carbocycles. The first-order valence-corrected chi connectivity index (χ1v) is 19.2. The lowest BCUT2D eigenvalue weighted by Gasteiger charge is -2.34. The topological polar surface area (TPSA) is 133 Å². The van der Waals surface area contributed by atoms with Gasteiger partial charge in [0.25, 0.3) is 10.0 Å². The van der Waals surface area contributed by atoms with Crippen molar-refractivity contribution in [2.75, 3.05) is 32.4 Å². The first-order chi connectivity index (χ1) is 20.4. The Kier molecular flexibility index (Phi) is 9.96. The Morgan fingerprint density at radius 2 is 1.65 bits per heavy atom. The van der Waals surface area contributed by atoms with E-state index in [0.717, 1.165) is 39.5 Å². The molecule has 0 unspecified atom stereocenters. The molecule has 43 heavy (non-hydrogen) atoms. The molecule has 10 nitrogen and oxygen atoms in total. The van der Waals surface area contributed by atoms with E-state index >= 15 is 0 Å². The van der Waals surface area contributed by atoms with Gasteiger partial charge < -0.3 is 15.1 Å². The molecule has 2 aromatic heterocycles. The molecule has 2 aliphatic rings. The molecule has 0 spiro atoms. The highest BCUT2D eigenvalue weighted by molar-refractivity contribution is 7.91. The molecule has 2 saturated heterocycles. The lowest BCUT2D eigenvalue weighted by molar-refractivity contribution is -0.143. The number of hydrogen-bond acceptors (Lipinski definition) is 9. The second-order valence-corrected chi connectivity index (χ2v) is 17.5. The molecule has 2 aliphatic heterocycles. The molecular formula is C28H33ClN4O6S4. The average Bonchev–Trinajstić information content (AvgIpc) is 3.72. The molecule has 3 aromatic rings. The summed E-state index contributed by atoms with van der Waals surface area (Å²) in [4.78, 5) is 31.7. The fourth-order valence-electron chi connectivity index (χ4n) is 5.36. The van der Waals surface area contributed by atoms with Crippen LogP contribution in [-0.4, -0.2) is 83.0 Å². The van der Waals surface area contributed by atoms with Crippen LogP contribution in [0.5, 0.6) is 0 Å². The Bertz CT molecular complexity index is 1690. The third-order valence-corrected chi connectivity index (χ3v) is 13.2. The van der Waals surface area contributed by atoms with Gasteiger partial charge in [0.2, 0.25) is 11.8 Å². The number of carbonyl (C=O) groups is 2. The van der Waals surface area contributed by atoms with Crippen LogP contribution in [-0.2, 0) is 36.0 Å². The summed E-state index contributed by atoms with van der Waals surface area (Å²) in [6.45, 7) is 1.99. The summed E-state index contributed by atoms with van der Waals surface area (Å²) < 4.78 is 52.9. The summed E-state index contributed by atoms with van der Waals surface area (Å²) in [5, 5.41) is 3.36. The fourth-order valence-corrected chi connectivity index (χ4v) is 9.67. The van der Waals surface area contributed by atoms with Crippen LogP contribution in [0.25, 0.3) is 9.75 Å². The van der Waals surface area contributed by atoms with Gasteiger partial charge in [0.1, 0.15) is 10.3 Å². The Hall–Kier alpha value is -2.33. The van der Waals surface area contributed by atoms with Gasteiger partial charge in [0.15, 0.2) is 9.84 Å². The number of halogens is 1. The number of rotatable bonds is 11. The first kappa shape index (κ1) is 32.1. The van der Waals surface area contributed by atoms with Crippen LogP contribution in [0.1, 0.15) is 31.2 Å². The van der Waals surface area contributed by atoms with Crippen LogP contribution in [0.4, 0.5) is 0 Å². The number of benzene rings is 1. The van der Waals surface area contributed by atoms with E-state index in [2.05, 4.69) is 10.0 Å². The summed E-state index contributed by atoms with van der Waals surface area (Å²) in [5.41, 5.74) is 0.936. The van der Waals surface area contributed by atoms with Gasteiger partial charge in [-0.15, -0.1) is 22.7 Å². The van der Waals surface area contributed by atoms with Crippen molar-refractivity contribution in [2.45, 2.75) is 53.4 Å². The Balaban J connectivity index is 1.14. The number of carbonyl (C=O) groups excluding carboxylic acids is 2. The van der Waals surface area contributed by atoms with E-state index in [1.165, 1.54) is 28.6 Å². The van der Waals surface area contributed by atoms with Gasteiger partial charge in [-0.2, -0.15) is 4.72 Å². The number of hydrogen-bond donors (Lipinski definition) is 2. The van der Waals surface area contributed by atoms with E-state index in [0.29, 0.717) is 43.4 Å². The quantitative estimate of drug-likeness (QED) is 0.316. The van der Waals surface area contributed by atoms with Gasteiger partial charge >= 0.3 is 0 Å². The van der Waals surface area contributed by atoms with Gasteiger partial charge in [-0.3, -0.25) is 9.59 Å². The van der Waals surface area contributed by atoms with Crippen LogP contribution in [0.15, 0.2) is 57.6 Å². The zero-order valence-electron chi connectivity index (χ0n) is 23.5. The maximum Gasteiger partial charge on any atom is 0.250 e. The second-order valence-electron chi connectivity index (χ2n) is 10.7. The minimum Gasteiger partial charge on any atom is -0.337 e. The minimum atomic E-state index is -3.93. The lowest BCUT2D eigenvalue weighted by Crippen LogP contribution is -2.55. The molecule has 0 aliphatic carbocycles. The van der Waals surface area contributed by atoms with Crippen molar-refractivity contribution in [3.8, 4) is 9.75 Å². The van der Waals surface area contributed by atoms with Crippen LogP contribution in [0.3, 0.4) is 0 Å². The summed E-state index contributed by atoms with van der Waals surface area (Å²) in [6, 6.07) is 12.6. The summed E-state index contributed by atoms with van der Waals surface area (Å²) in [5.74, 6) is -0.549. The molecule has 2 N–H and O–H groups in total. The van der Waals surface area contributed by atoms with E-state index in [1.807, 2.05) is 6.07 Å². The monoisotopic (exact) mass is 684 g/mol. The fraction of sp³-hybridized carbons (Fsp3) is 0.429. The standard InChI is InChI=1S/C28H33ClN4O6S4/c1-42(36,37)21-8-6-19(7-9-21)16-30-17-20-4-2-15-33(20)26(34)18-32-14-3-5-22(28(32)35)31-43(38,39)27-13-11-24(41-27)23-10-12-25(29)40-23/h6-13,20,22,30-31H,2-5,14-18H2,1H3/t20-,22-/m0/s1. The van der Waals surface area contributed by atoms with Gasteiger partial charge in [-0.25, -0.2) is 16.8 Å². The average molecular weight is 685 g/mol. The predicted octanol–water partition coefficient (Wildman–Crippen LogP) is 3.58. The number of sulfonamides is 1. The molecule has 15 heteroatoms. The Labute approximate surface area is 265 Å². The second kappa shape index (κ2) is 13.3. The van der Waals surface area contributed by atoms with E-state index in [4.69, 9.17) is 11.6 Å². The molecule has 0 bridgehead atoms. The molecule has 2 atom stereocenters. The zero-order chi connectivity index (χ0) is 30.8. The highest BCUT2D eigenvalue weighted by Crippen LogP contribution is 2.37. The van der Waals surface area contributed by atoms with Gasteiger partial charge in [-0.1, -0.05) is 23.7 Å². The van der Waals surface area contributed by atoms with Crippen molar-refractivity contribution in [1.82, 2.24) is 19.8 Å². The highest BCUT2D eigenvalue weighted by Gasteiger charge is 2.36. The number of amides is 2. The molecule has 2 amide bonds. The van der Waals surface area contributed by atoms with E-state index in [9.17, 15) is 26.4 Å². The molecule has 0 radical (unpaired) electrons. The summed E-state index contributed by atoms with van der Waals surface area (Å²) in [7, 11) is -7.18. The van der Waals surface area contributed by atoms with Crippen LogP contribution < -0.4 is 10.0 Å². The molecule has 5 rings (SSSR count). The molecule has 4 heterocycles. The number of nitrogens with zero attached hydrogens (tertiary/aromatic N) is 2. The lowest BCUT2D eigenvalue weighted by atomic mass is 10.1. The normalized spacial score (nSPS) is 19.7. The Morgan fingerprint density at radius 3 is 2.35 bits per heavy atom. The van der Waals surface area contributed by atoms with Gasteiger partial charge in [0, 0.05) is 48.2 Å². The first-order valence-electron chi connectivity index (χ1n) is 13.9. The predicted molar refractivity (Wildman–Crippen MR) is 169 cm³/mol. The third kappa shape index (κ3) is 7.85. The molecule has 2 fully saturated rings. The van der Waals surface area contributed by atoms with Crippen molar-refractivity contribution >= 4 is 65.9 Å². The molecular weight excluding hydrogens is 652 g/mol. The zero-order valence-corrected chi connectivity index (χ0v) is 27.5. The SMILES string of the molecule is CS(=O)(=O)c1ccc(CNC[C@@H]2CCCN2C(=O)CN2CCC[C@H](NS(=O)(=O)c3ccc(-c4ccc(Cl)s4)s3)C2=O)cc1. The summed E-state index contributed by atoms with van der Waals surface area (Å²) >= 11 is 8.50. The number of nitrogens with one attached hydrogen (secondary N) is 2. The van der Waals surface area contributed by atoms with Crippen molar-refractivity contribution in [3.63, 3.8) is 0 Å². The van der Waals surface area contributed by atoms with Crippen LogP contribution in [0.2, 0.25) is 4.34 Å². The van der Waals surface area contributed by atoms with Gasteiger partial charge in [0.05, 0.1) is 15.8 Å². The molecule has 0 saturated carbocycles. The van der Waals surface area contributed by atoms with Crippen molar-refractivity contribution in [1.29, 1.82) is 0 Å².